The molecule has 0 aromatic heterocycles. The Balaban J connectivity index is 2.25. The molecule has 0 aliphatic rings. The van der Waals surface area contributed by atoms with Gasteiger partial charge in [0.1, 0.15) is 5.75 Å². The van der Waals surface area contributed by atoms with Gasteiger partial charge in [-0.25, -0.2) is 0 Å². The molecule has 0 atom stereocenters. The van der Waals surface area contributed by atoms with E-state index >= 15 is 0 Å². The monoisotopic (exact) mass is 268 g/mol. The van der Waals surface area contributed by atoms with Crippen LogP contribution in [-0.2, 0) is 0 Å². The van der Waals surface area contributed by atoms with Gasteiger partial charge in [-0.15, -0.1) is 0 Å². The first-order valence-corrected chi connectivity index (χ1v) is 6.23. The Morgan fingerprint density at radius 3 is 2.35 bits per heavy atom. The standard InChI is InChI=1S/C17H16O3/c1-4-13-5-10-16(17(11-13)19-3)20-15-8-6-14(7-9-15)12(2)18/h4-11H,1H2,2-3H3. The van der Waals surface area contributed by atoms with Crippen LogP contribution in [0.25, 0.3) is 6.08 Å². The van der Waals surface area contributed by atoms with Crippen molar-refractivity contribution in [2.24, 2.45) is 0 Å². The molecular weight excluding hydrogens is 252 g/mol. The molecule has 102 valence electrons. The normalized spacial score (nSPS) is 9.90. The number of hydrogen-bond acceptors (Lipinski definition) is 3. The molecule has 3 heteroatoms. The fourth-order valence-electron chi connectivity index (χ4n) is 1.78. The number of benzene rings is 2. The summed E-state index contributed by atoms with van der Waals surface area (Å²) in [7, 11) is 1.59. The van der Waals surface area contributed by atoms with Crippen molar-refractivity contribution in [3.05, 3.63) is 60.2 Å². The van der Waals surface area contributed by atoms with Crippen molar-refractivity contribution in [2.75, 3.05) is 7.11 Å². The van der Waals surface area contributed by atoms with Crippen molar-refractivity contribution >= 4 is 11.9 Å². The Morgan fingerprint density at radius 1 is 1.10 bits per heavy atom. The first-order valence-electron chi connectivity index (χ1n) is 6.23. The summed E-state index contributed by atoms with van der Waals surface area (Å²) in [6.45, 7) is 5.25. The molecule has 2 aromatic carbocycles. The van der Waals surface area contributed by atoms with E-state index in [4.69, 9.17) is 9.47 Å². The number of Topliss-reactive ketones (excluding diaryl/α,β-unsaturated/α-hetero) is 1. The largest absolute Gasteiger partial charge is 0.493 e. The Bertz CT molecular complexity index is 627. The molecule has 2 aromatic rings. The predicted molar refractivity (Wildman–Crippen MR) is 79.6 cm³/mol. The van der Waals surface area contributed by atoms with Crippen LogP contribution in [0.4, 0.5) is 0 Å². The highest BCUT2D eigenvalue weighted by atomic mass is 16.5. The average Bonchev–Trinajstić information content (AvgIpc) is 2.48. The Hall–Kier alpha value is -2.55. The summed E-state index contributed by atoms with van der Waals surface area (Å²) < 4.78 is 11.1. The lowest BCUT2D eigenvalue weighted by Gasteiger charge is -2.11. The highest BCUT2D eigenvalue weighted by molar-refractivity contribution is 5.94. The summed E-state index contributed by atoms with van der Waals surface area (Å²) in [4.78, 5) is 11.2. The number of ketones is 1. The van der Waals surface area contributed by atoms with E-state index in [-0.39, 0.29) is 5.78 Å². The maximum Gasteiger partial charge on any atom is 0.169 e. The van der Waals surface area contributed by atoms with E-state index in [2.05, 4.69) is 6.58 Å². The molecule has 0 heterocycles. The Labute approximate surface area is 118 Å². The number of methoxy groups -OCH3 is 1. The summed E-state index contributed by atoms with van der Waals surface area (Å²) >= 11 is 0. The highest BCUT2D eigenvalue weighted by Crippen LogP contribution is 2.32. The molecule has 0 aliphatic heterocycles. The molecule has 0 N–H and O–H groups in total. The third-order valence-electron chi connectivity index (χ3n) is 2.91. The van der Waals surface area contributed by atoms with Crippen LogP contribution in [0.5, 0.6) is 17.2 Å². The van der Waals surface area contributed by atoms with Crippen molar-refractivity contribution in [3.8, 4) is 17.2 Å². The summed E-state index contributed by atoms with van der Waals surface area (Å²) in [6, 6.07) is 12.6. The van der Waals surface area contributed by atoms with E-state index in [0.29, 0.717) is 22.8 Å². The number of carbonyl (C=O) groups is 1. The van der Waals surface area contributed by atoms with Crippen LogP contribution in [-0.4, -0.2) is 12.9 Å². The minimum Gasteiger partial charge on any atom is -0.493 e. The molecule has 0 amide bonds. The minimum atomic E-state index is 0.0319. The second-order valence-electron chi connectivity index (χ2n) is 4.30. The molecule has 20 heavy (non-hydrogen) atoms. The van der Waals surface area contributed by atoms with E-state index in [9.17, 15) is 4.79 Å². The molecule has 0 saturated carbocycles. The van der Waals surface area contributed by atoms with Crippen LogP contribution in [0.15, 0.2) is 49.0 Å². The minimum absolute atomic E-state index is 0.0319. The van der Waals surface area contributed by atoms with Crippen molar-refractivity contribution < 1.29 is 14.3 Å². The molecular formula is C17H16O3. The van der Waals surface area contributed by atoms with E-state index < -0.39 is 0 Å². The zero-order chi connectivity index (χ0) is 14.5. The second-order valence-corrected chi connectivity index (χ2v) is 4.30. The molecule has 0 aliphatic carbocycles. The lowest BCUT2D eigenvalue weighted by atomic mass is 10.1. The molecule has 0 radical (unpaired) electrons. The maximum absolute atomic E-state index is 11.2. The predicted octanol–water partition coefficient (Wildman–Crippen LogP) is 4.33. The van der Waals surface area contributed by atoms with Crippen LogP contribution in [0.3, 0.4) is 0 Å². The van der Waals surface area contributed by atoms with Gasteiger partial charge < -0.3 is 9.47 Å². The van der Waals surface area contributed by atoms with Crippen LogP contribution in [0.2, 0.25) is 0 Å². The average molecular weight is 268 g/mol. The van der Waals surface area contributed by atoms with E-state index in [1.165, 1.54) is 6.92 Å². The SMILES string of the molecule is C=Cc1ccc(Oc2ccc(C(C)=O)cc2)c(OC)c1. The quantitative estimate of drug-likeness (QED) is 0.757. The zero-order valence-electron chi connectivity index (χ0n) is 11.6. The van der Waals surface area contributed by atoms with Crippen LogP contribution in [0, 0.1) is 0 Å². The van der Waals surface area contributed by atoms with Crippen molar-refractivity contribution in [1.29, 1.82) is 0 Å². The van der Waals surface area contributed by atoms with Crippen LogP contribution < -0.4 is 9.47 Å². The van der Waals surface area contributed by atoms with Gasteiger partial charge in [0.15, 0.2) is 17.3 Å². The molecule has 0 bridgehead atoms. The maximum atomic E-state index is 11.2. The van der Waals surface area contributed by atoms with Gasteiger partial charge in [0, 0.05) is 5.56 Å². The van der Waals surface area contributed by atoms with Gasteiger partial charge in [0.25, 0.3) is 0 Å². The third kappa shape index (κ3) is 3.06. The lowest BCUT2D eigenvalue weighted by Crippen LogP contribution is -1.93. The number of ether oxygens (including phenoxy) is 2. The van der Waals surface area contributed by atoms with Gasteiger partial charge in [-0.3, -0.25) is 4.79 Å². The number of carbonyl (C=O) groups excluding carboxylic acids is 1. The van der Waals surface area contributed by atoms with Gasteiger partial charge >= 0.3 is 0 Å². The van der Waals surface area contributed by atoms with Gasteiger partial charge in [-0.05, 0) is 48.9 Å². The molecule has 3 nitrogen and oxygen atoms in total. The van der Waals surface area contributed by atoms with Crippen molar-refractivity contribution in [2.45, 2.75) is 6.92 Å². The molecule has 0 fully saturated rings. The molecule has 0 spiro atoms. The smallest absolute Gasteiger partial charge is 0.169 e. The van der Waals surface area contributed by atoms with Crippen molar-refractivity contribution in [1.82, 2.24) is 0 Å². The van der Waals surface area contributed by atoms with Gasteiger partial charge in [-0.2, -0.15) is 0 Å². The zero-order valence-corrected chi connectivity index (χ0v) is 11.6. The fourth-order valence-corrected chi connectivity index (χ4v) is 1.78. The number of hydrogen-bond donors (Lipinski definition) is 0. The van der Waals surface area contributed by atoms with Crippen molar-refractivity contribution in [3.63, 3.8) is 0 Å². The summed E-state index contributed by atoms with van der Waals surface area (Å²) in [6.07, 6.45) is 1.74. The lowest BCUT2D eigenvalue weighted by molar-refractivity contribution is 0.101. The topological polar surface area (TPSA) is 35.5 Å². The van der Waals surface area contributed by atoms with Gasteiger partial charge in [0.05, 0.1) is 7.11 Å². The van der Waals surface area contributed by atoms with Gasteiger partial charge in [0.2, 0.25) is 0 Å². The van der Waals surface area contributed by atoms with Crippen LogP contribution in [0.1, 0.15) is 22.8 Å². The third-order valence-corrected chi connectivity index (χ3v) is 2.91. The van der Waals surface area contributed by atoms with E-state index in [1.807, 2.05) is 18.2 Å². The molecule has 2 rings (SSSR count). The Kier molecular flexibility index (Phi) is 4.20. The fraction of sp³-hybridized carbons (Fsp3) is 0.118. The van der Waals surface area contributed by atoms with Gasteiger partial charge in [-0.1, -0.05) is 18.7 Å². The second kappa shape index (κ2) is 6.06. The summed E-state index contributed by atoms with van der Waals surface area (Å²) in [5, 5.41) is 0. The Morgan fingerprint density at radius 2 is 1.80 bits per heavy atom. The first kappa shape index (κ1) is 13.9. The summed E-state index contributed by atoms with van der Waals surface area (Å²) in [5.74, 6) is 1.94. The summed E-state index contributed by atoms with van der Waals surface area (Å²) in [5.41, 5.74) is 1.62. The molecule has 0 saturated heterocycles. The highest BCUT2D eigenvalue weighted by Gasteiger charge is 2.07. The van der Waals surface area contributed by atoms with E-state index in [1.54, 1.807) is 37.5 Å². The van der Waals surface area contributed by atoms with Crippen LogP contribution >= 0.6 is 0 Å². The first-order chi connectivity index (χ1) is 9.63. The molecule has 0 unspecified atom stereocenters. The van der Waals surface area contributed by atoms with E-state index in [0.717, 1.165) is 5.56 Å². The number of rotatable bonds is 5.